The SMILES string of the molecule is CN(C)CCCC1C(=O)c2cncn3c2c(c2c4ccccc4ccc23)C1=O. The van der Waals surface area contributed by atoms with Crippen molar-refractivity contribution in [3.05, 3.63) is 60.0 Å². The minimum absolute atomic E-state index is 0.0497. The summed E-state index contributed by atoms with van der Waals surface area (Å²) in [5, 5.41) is 3.06. The fourth-order valence-electron chi connectivity index (χ4n) is 4.48. The van der Waals surface area contributed by atoms with Gasteiger partial charge in [-0.15, -0.1) is 0 Å². The Hall–Kier alpha value is -3.05. The molecule has 5 nitrogen and oxygen atoms in total. The second-order valence-electron chi connectivity index (χ2n) is 7.81. The van der Waals surface area contributed by atoms with Crippen LogP contribution in [-0.2, 0) is 0 Å². The monoisotopic (exact) mass is 371 g/mol. The van der Waals surface area contributed by atoms with E-state index in [0.29, 0.717) is 23.1 Å². The summed E-state index contributed by atoms with van der Waals surface area (Å²) in [5.74, 6) is -0.766. The van der Waals surface area contributed by atoms with Gasteiger partial charge in [0.15, 0.2) is 11.6 Å². The summed E-state index contributed by atoms with van der Waals surface area (Å²) in [5.41, 5.74) is 2.87. The van der Waals surface area contributed by atoms with Gasteiger partial charge in [-0.3, -0.25) is 14.0 Å². The maximum absolute atomic E-state index is 13.5. The molecule has 5 heteroatoms. The second-order valence-corrected chi connectivity index (χ2v) is 7.81. The largest absolute Gasteiger partial charge is 0.309 e. The number of hydrogen-bond acceptors (Lipinski definition) is 4. The number of carbonyl (C=O) groups excluding carboxylic acids is 2. The average molecular weight is 371 g/mol. The molecule has 140 valence electrons. The Morgan fingerprint density at radius 3 is 2.71 bits per heavy atom. The molecule has 1 atom stereocenters. The van der Waals surface area contributed by atoms with Crippen LogP contribution in [-0.4, -0.2) is 46.5 Å². The van der Waals surface area contributed by atoms with Crippen molar-refractivity contribution < 1.29 is 9.59 Å². The number of benzene rings is 2. The summed E-state index contributed by atoms with van der Waals surface area (Å²) in [7, 11) is 4.00. The van der Waals surface area contributed by atoms with Crippen LogP contribution in [0.5, 0.6) is 0 Å². The number of aromatic nitrogens is 2. The number of rotatable bonds is 4. The molecule has 0 saturated carbocycles. The molecule has 5 rings (SSSR count). The second kappa shape index (κ2) is 6.24. The number of fused-ring (bicyclic) bond motifs is 5. The molecule has 1 aliphatic carbocycles. The van der Waals surface area contributed by atoms with Crippen LogP contribution in [0.2, 0.25) is 0 Å². The van der Waals surface area contributed by atoms with Crippen LogP contribution in [0.3, 0.4) is 0 Å². The molecule has 0 radical (unpaired) electrons. The number of ketones is 2. The Bertz CT molecular complexity index is 1270. The minimum atomic E-state index is -0.620. The quantitative estimate of drug-likeness (QED) is 0.509. The van der Waals surface area contributed by atoms with Gasteiger partial charge in [-0.1, -0.05) is 30.3 Å². The van der Waals surface area contributed by atoms with E-state index in [0.717, 1.165) is 34.6 Å². The number of carbonyl (C=O) groups is 2. The van der Waals surface area contributed by atoms with Crippen LogP contribution in [0, 0.1) is 5.92 Å². The van der Waals surface area contributed by atoms with Gasteiger partial charge in [-0.2, -0.15) is 0 Å². The maximum atomic E-state index is 13.5. The molecular formula is C23H21N3O2. The predicted molar refractivity (Wildman–Crippen MR) is 110 cm³/mol. The topological polar surface area (TPSA) is 54.7 Å². The molecule has 2 aromatic carbocycles. The molecule has 0 fully saturated rings. The van der Waals surface area contributed by atoms with Gasteiger partial charge in [0.25, 0.3) is 0 Å². The van der Waals surface area contributed by atoms with Crippen molar-refractivity contribution >= 4 is 38.8 Å². The Morgan fingerprint density at radius 2 is 1.89 bits per heavy atom. The lowest BCUT2D eigenvalue weighted by molar-refractivity contribution is 0.0791. The van der Waals surface area contributed by atoms with Gasteiger partial charge in [0, 0.05) is 11.6 Å². The highest BCUT2D eigenvalue weighted by atomic mass is 16.2. The van der Waals surface area contributed by atoms with Crippen LogP contribution < -0.4 is 0 Å². The van der Waals surface area contributed by atoms with Gasteiger partial charge in [-0.05, 0) is 50.3 Å². The van der Waals surface area contributed by atoms with E-state index in [1.165, 1.54) is 0 Å². The Labute approximate surface area is 162 Å². The summed E-state index contributed by atoms with van der Waals surface area (Å²) in [6, 6.07) is 12.2. The zero-order chi connectivity index (χ0) is 19.4. The first-order chi connectivity index (χ1) is 13.6. The van der Waals surface area contributed by atoms with Gasteiger partial charge >= 0.3 is 0 Å². The van der Waals surface area contributed by atoms with Gasteiger partial charge < -0.3 is 4.90 Å². The first kappa shape index (κ1) is 17.1. The number of hydrogen-bond donors (Lipinski definition) is 0. The highest BCUT2D eigenvalue weighted by Crippen LogP contribution is 2.39. The van der Waals surface area contributed by atoms with Crippen molar-refractivity contribution in [3.8, 4) is 0 Å². The molecule has 0 aliphatic heterocycles. The molecule has 28 heavy (non-hydrogen) atoms. The zero-order valence-electron chi connectivity index (χ0n) is 16.0. The zero-order valence-corrected chi connectivity index (χ0v) is 16.0. The Balaban J connectivity index is 1.79. The summed E-state index contributed by atoms with van der Waals surface area (Å²) >= 11 is 0. The molecule has 2 heterocycles. The van der Waals surface area contributed by atoms with Gasteiger partial charge in [0.2, 0.25) is 0 Å². The minimum Gasteiger partial charge on any atom is -0.309 e. The van der Waals surface area contributed by atoms with E-state index in [1.54, 1.807) is 12.5 Å². The van der Waals surface area contributed by atoms with E-state index in [2.05, 4.69) is 22.0 Å². The van der Waals surface area contributed by atoms with Gasteiger partial charge in [-0.25, -0.2) is 4.98 Å². The van der Waals surface area contributed by atoms with Crippen molar-refractivity contribution in [3.63, 3.8) is 0 Å². The molecule has 4 aromatic rings. The van der Waals surface area contributed by atoms with Crippen molar-refractivity contribution in [2.45, 2.75) is 12.8 Å². The van der Waals surface area contributed by atoms with Crippen LogP contribution in [0.1, 0.15) is 33.6 Å². The number of Topliss-reactive ketones (excluding diaryl/α,β-unsaturated/α-hetero) is 2. The summed E-state index contributed by atoms with van der Waals surface area (Å²) in [6.07, 6.45) is 4.69. The maximum Gasteiger partial charge on any atom is 0.177 e. The molecule has 0 saturated heterocycles. The average Bonchev–Trinajstić information content (AvgIpc) is 3.04. The van der Waals surface area contributed by atoms with Crippen LogP contribution >= 0.6 is 0 Å². The van der Waals surface area contributed by atoms with E-state index in [-0.39, 0.29) is 11.6 Å². The molecule has 0 spiro atoms. The van der Waals surface area contributed by atoms with Gasteiger partial charge in [0.1, 0.15) is 0 Å². The van der Waals surface area contributed by atoms with Crippen LogP contribution in [0.15, 0.2) is 48.9 Å². The fraction of sp³-hybridized carbons (Fsp3) is 0.261. The van der Waals surface area contributed by atoms with Crippen molar-refractivity contribution in [2.24, 2.45) is 5.92 Å². The Morgan fingerprint density at radius 1 is 1.07 bits per heavy atom. The standard InChI is InChI=1S/C23H21N3O2/c1-25(2)11-5-8-16-22(27)17-12-24-13-26-18-10-9-14-6-3-4-7-15(14)19(18)20(21(17)26)23(16)28/h3-4,6-7,9-10,12-13,16H,5,8,11H2,1-2H3. The first-order valence-electron chi connectivity index (χ1n) is 9.60. The third kappa shape index (κ3) is 2.33. The summed E-state index contributed by atoms with van der Waals surface area (Å²) < 4.78 is 1.90. The summed E-state index contributed by atoms with van der Waals surface area (Å²) in [4.78, 5) is 33.1. The normalized spacial score (nSPS) is 16.8. The molecule has 1 aliphatic rings. The lowest BCUT2D eigenvalue weighted by Gasteiger charge is -2.21. The Kier molecular flexibility index (Phi) is 3.81. The van der Waals surface area contributed by atoms with Gasteiger partial charge in [0.05, 0.1) is 34.4 Å². The smallest absolute Gasteiger partial charge is 0.177 e. The fourth-order valence-corrected chi connectivity index (χ4v) is 4.48. The third-order valence-electron chi connectivity index (χ3n) is 5.78. The number of nitrogens with zero attached hydrogens (tertiary/aromatic N) is 3. The lowest BCUT2D eigenvalue weighted by atomic mass is 9.81. The molecule has 0 bridgehead atoms. The third-order valence-corrected chi connectivity index (χ3v) is 5.78. The van der Waals surface area contributed by atoms with E-state index < -0.39 is 5.92 Å². The van der Waals surface area contributed by atoms with E-state index >= 15 is 0 Å². The van der Waals surface area contributed by atoms with E-state index in [1.807, 2.05) is 42.8 Å². The molecule has 0 N–H and O–H groups in total. The lowest BCUT2D eigenvalue weighted by Crippen LogP contribution is -2.30. The van der Waals surface area contributed by atoms with Crippen molar-refractivity contribution in [2.75, 3.05) is 20.6 Å². The van der Waals surface area contributed by atoms with Crippen LogP contribution in [0.25, 0.3) is 27.2 Å². The summed E-state index contributed by atoms with van der Waals surface area (Å²) in [6.45, 7) is 0.853. The molecule has 1 unspecified atom stereocenters. The highest BCUT2D eigenvalue weighted by molar-refractivity contribution is 6.33. The molecule has 2 aromatic heterocycles. The van der Waals surface area contributed by atoms with Crippen molar-refractivity contribution in [1.82, 2.24) is 14.3 Å². The molecule has 0 amide bonds. The van der Waals surface area contributed by atoms with Crippen molar-refractivity contribution in [1.29, 1.82) is 0 Å². The first-order valence-corrected chi connectivity index (χ1v) is 9.60. The predicted octanol–water partition coefficient (Wildman–Crippen LogP) is 3.98. The van der Waals surface area contributed by atoms with E-state index in [4.69, 9.17) is 0 Å². The van der Waals surface area contributed by atoms with E-state index in [9.17, 15) is 9.59 Å². The molecular weight excluding hydrogens is 350 g/mol. The highest BCUT2D eigenvalue weighted by Gasteiger charge is 2.38. The van der Waals surface area contributed by atoms with Crippen LogP contribution in [0.4, 0.5) is 0 Å².